The maximum absolute atomic E-state index is 9.80. The highest BCUT2D eigenvalue weighted by Crippen LogP contribution is 2.37. The van der Waals surface area contributed by atoms with Gasteiger partial charge in [0.05, 0.1) is 16.7 Å². The molecule has 0 bridgehead atoms. The van der Waals surface area contributed by atoms with Gasteiger partial charge in [-0.25, -0.2) is 0 Å². The molecule has 0 aliphatic carbocycles. The highest BCUT2D eigenvalue weighted by molar-refractivity contribution is 9.10. The molecule has 0 aliphatic heterocycles. The van der Waals surface area contributed by atoms with Crippen molar-refractivity contribution in [3.8, 4) is 11.5 Å². The van der Waals surface area contributed by atoms with Crippen LogP contribution in [0.5, 0.6) is 11.5 Å². The third kappa shape index (κ3) is 6.68. The van der Waals surface area contributed by atoms with Gasteiger partial charge in [0.1, 0.15) is 6.61 Å². The topological polar surface area (TPSA) is 50.7 Å². The third-order valence-electron chi connectivity index (χ3n) is 2.65. The summed E-state index contributed by atoms with van der Waals surface area (Å²) in [6, 6.07) is 4.41. The predicted molar refractivity (Wildman–Crippen MR) is 89.1 cm³/mol. The van der Waals surface area contributed by atoms with E-state index in [0.717, 1.165) is 16.6 Å². The molecule has 0 aliphatic rings. The number of ether oxygens (including phenoxy) is 2. The summed E-state index contributed by atoms with van der Waals surface area (Å²) < 4.78 is 12.2. The van der Waals surface area contributed by atoms with Gasteiger partial charge < -0.3 is 19.9 Å². The highest BCUT2D eigenvalue weighted by atomic mass is 79.9. The first-order valence-electron chi connectivity index (χ1n) is 7.26. The molecule has 0 unspecified atom stereocenters. The maximum atomic E-state index is 9.80. The summed E-state index contributed by atoms with van der Waals surface area (Å²) in [5.41, 5.74) is 0.232. The summed E-state index contributed by atoms with van der Waals surface area (Å²) in [6.45, 7) is 11.1. The Bertz CT molecular complexity index is 456. The second-order valence-electron chi connectivity index (χ2n) is 5.97. The molecule has 0 saturated heterocycles. The molecule has 0 atom stereocenters. The van der Waals surface area contributed by atoms with E-state index in [1.165, 1.54) is 0 Å². The minimum atomic E-state index is -0.888. The van der Waals surface area contributed by atoms with Crippen LogP contribution >= 0.6 is 15.9 Å². The quantitative estimate of drug-likeness (QED) is 0.745. The van der Waals surface area contributed by atoms with Crippen LogP contribution in [-0.2, 0) is 6.54 Å². The second kappa shape index (κ2) is 8.01. The number of rotatable bonds is 8. The summed E-state index contributed by atoms with van der Waals surface area (Å²) in [5, 5.41) is 13.2. The number of aliphatic hydroxyl groups is 1. The lowest BCUT2D eigenvalue weighted by Crippen LogP contribution is -2.28. The molecule has 0 spiro atoms. The first-order chi connectivity index (χ1) is 9.73. The smallest absolute Gasteiger partial charge is 0.175 e. The van der Waals surface area contributed by atoms with Crippen molar-refractivity contribution in [1.82, 2.24) is 5.32 Å². The average molecular weight is 360 g/mol. The van der Waals surface area contributed by atoms with Gasteiger partial charge in [0.15, 0.2) is 11.5 Å². The van der Waals surface area contributed by atoms with Gasteiger partial charge in [-0.2, -0.15) is 0 Å². The lowest BCUT2D eigenvalue weighted by molar-refractivity contribution is 0.0271. The van der Waals surface area contributed by atoms with Crippen LogP contribution in [0.15, 0.2) is 16.6 Å². The highest BCUT2D eigenvalue weighted by Gasteiger charge is 2.18. The van der Waals surface area contributed by atoms with E-state index in [9.17, 15) is 5.11 Å². The molecule has 2 N–H and O–H groups in total. The Balaban J connectivity index is 2.95. The molecule has 21 heavy (non-hydrogen) atoms. The molecular formula is C16H26BrNO3. The first-order valence-corrected chi connectivity index (χ1v) is 8.06. The number of hydrogen-bond donors (Lipinski definition) is 2. The minimum Gasteiger partial charge on any atom is -0.490 e. The van der Waals surface area contributed by atoms with Crippen molar-refractivity contribution in [2.45, 2.75) is 52.8 Å². The maximum Gasteiger partial charge on any atom is 0.175 e. The largest absolute Gasteiger partial charge is 0.490 e. The third-order valence-corrected chi connectivity index (χ3v) is 3.24. The van der Waals surface area contributed by atoms with Gasteiger partial charge >= 0.3 is 0 Å². The SMILES string of the molecule is CCOc1cc(CNC(C)C)cc(Br)c1OCC(C)(C)O. The van der Waals surface area contributed by atoms with Gasteiger partial charge in [-0.3, -0.25) is 0 Å². The van der Waals surface area contributed by atoms with Gasteiger partial charge in [0.25, 0.3) is 0 Å². The molecular weight excluding hydrogens is 334 g/mol. The molecule has 0 heterocycles. The Kier molecular flexibility index (Phi) is 6.97. The number of benzene rings is 1. The van der Waals surface area contributed by atoms with E-state index in [-0.39, 0.29) is 6.61 Å². The van der Waals surface area contributed by atoms with E-state index in [1.807, 2.05) is 19.1 Å². The van der Waals surface area contributed by atoms with Crippen LogP contribution in [0, 0.1) is 0 Å². The number of halogens is 1. The van der Waals surface area contributed by atoms with Crippen molar-refractivity contribution < 1.29 is 14.6 Å². The van der Waals surface area contributed by atoms with E-state index in [0.29, 0.717) is 24.1 Å². The standard InChI is InChI=1S/C16H26BrNO3/c1-6-20-14-8-12(9-18-11(2)3)7-13(17)15(14)21-10-16(4,5)19/h7-8,11,18-19H,6,9-10H2,1-5H3. The molecule has 0 amide bonds. The predicted octanol–water partition coefficient (Wildman–Crippen LogP) is 3.50. The Morgan fingerprint density at radius 3 is 2.48 bits per heavy atom. The first kappa shape index (κ1) is 18.3. The molecule has 1 aromatic rings. The normalized spacial score (nSPS) is 11.8. The van der Waals surface area contributed by atoms with Crippen LogP contribution in [0.2, 0.25) is 0 Å². The van der Waals surface area contributed by atoms with Gasteiger partial charge in [-0.1, -0.05) is 13.8 Å². The van der Waals surface area contributed by atoms with Crippen LogP contribution in [0.3, 0.4) is 0 Å². The van der Waals surface area contributed by atoms with Crippen molar-refractivity contribution in [2.24, 2.45) is 0 Å². The molecule has 0 radical (unpaired) electrons. The zero-order valence-corrected chi connectivity index (χ0v) is 15.1. The Morgan fingerprint density at radius 2 is 1.95 bits per heavy atom. The van der Waals surface area contributed by atoms with E-state index in [2.05, 4.69) is 35.1 Å². The summed E-state index contributed by atoms with van der Waals surface area (Å²) in [6.07, 6.45) is 0. The molecule has 0 saturated carbocycles. The fourth-order valence-electron chi connectivity index (χ4n) is 1.70. The molecule has 1 aromatic carbocycles. The van der Waals surface area contributed by atoms with Crippen LogP contribution < -0.4 is 14.8 Å². The van der Waals surface area contributed by atoms with Crippen LogP contribution in [0.1, 0.15) is 40.2 Å². The summed E-state index contributed by atoms with van der Waals surface area (Å²) in [4.78, 5) is 0. The molecule has 5 heteroatoms. The van der Waals surface area contributed by atoms with Gasteiger partial charge in [0, 0.05) is 12.6 Å². The van der Waals surface area contributed by atoms with Crippen molar-refractivity contribution in [2.75, 3.05) is 13.2 Å². The zero-order valence-electron chi connectivity index (χ0n) is 13.5. The minimum absolute atomic E-state index is 0.204. The van der Waals surface area contributed by atoms with Crippen molar-refractivity contribution in [3.05, 3.63) is 22.2 Å². The second-order valence-corrected chi connectivity index (χ2v) is 6.83. The lowest BCUT2D eigenvalue weighted by Gasteiger charge is -2.21. The monoisotopic (exact) mass is 359 g/mol. The Hall–Kier alpha value is -0.780. The molecule has 1 rings (SSSR count). The fourth-order valence-corrected chi connectivity index (χ4v) is 2.30. The average Bonchev–Trinajstić information content (AvgIpc) is 2.34. The molecule has 0 fully saturated rings. The van der Waals surface area contributed by atoms with Crippen LogP contribution in [0.4, 0.5) is 0 Å². The van der Waals surface area contributed by atoms with E-state index in [4.69, 9.17) is 9.47 Å². The molecule has 0 aromatic heterocycles. The molecule has 120 valence electrons. The Labute approximate surface area is 136 Å². The van der Waals surface area contributed by atoms with Crippen LogP contribution in [-0.4, -0.2) is 30.0 Å². The van der Waals surface area contributed by atoms with Crippen molar-refractivity contribution in [1.29, 1.82) is 0 Å². The fraction of sp³-hybridized carbons (Fsp3) is 0.625. The Morgan fingerprint density at radius 1 is 1.29 bits per heavy atom. The van der Waals surface area contributed by atoms with Crippen molar-refractivity contribution in [3.63, 3.8) is 0 Å². The van der Waals surface area contributed by atoms with Crippen molar-refractivity contribution >= 4 is 15.9 Å². The summed E-state index contributed by atoms with van der Waals surface area (Å²) >= 11 is 3.53. The number of nitrogens with one attached hydrogen (secondary N) is 1. The van der Waals surface area contributed by atoms with Crippen LogP contribution in [0.25, 0.3) is 0 Å². The lowest BCUT2D eigenvalue weighted by atomic mass is 10.1. The number of hydrogen-bond acceptors (Lipinski definition) is 4. The van der Waals surface area contributed by atoms with Gasteiger partial charge in [-0.15, -0.1) is 0 Å². The van der Waals surface area contributed by atoms with Gasteiger partial charge in [-0.05, 0) is 54.4 Å². The summed E-state index contributed by atoms with van der Waals surface area (Å²) in [5.74, 6) is 1.32. The van der Waals surface area contributed by atoms with Gasteiger partial charge in [0.2, 0.25) is 0 Å². The van der Waals surface area contributed by atoms with E-state index in [1.54, 1.807) is 13.8 Å². The molecule has 4 nitrogen and oxygen atoms in total. The van der Waals surface area contributed by atoms with E-state index < -0.39 is 5.60 Å². The van der Waals surface area contributed by atoms with E-state index >= 15 is 0 Å². The summed E-state index contributed by atoms with van der Waals surface area (Å²) in [7, 11) is 0. The zero-order chi connectivity index (χ0) is 16.0.